The van der Waals surface area contributed by atoms with Crippen LogP contribution >= 0.6 is 11.6 Å². The molecule has 7 heteroatoms. The number of ether oxygens (including phenoxy) is 1. The Morgan fingerprint density at radius 2 is 1.77 bits per heavy atom. The molecule has 0 saturated heterocycles. The number of benzene rings is 2. The lowest BCUT2D eigenvalue weighted by Gasteiger charge is -2.20. The maximum absolute atomic E-state index is 12.3. The fraction of sp³-hybridized carbons (Fsp3) is 0.316. The van der Waals surface area contributed by atoms with E-state index in [-0.39, 0.29) is 24.2 Å². The van der Waals surface area contributed by atoms with Gasteiger partial charge in [0.1, 0.15) is 5.75 Å². The minimum Gasteiger partial charge on any atom is -0.435 e. The normalized spacial score (nSPS) is 12.1. The van der Waals surface area contributed by atoms with Gasteiger partial charge in [-0.2, -0.15) is 8.78 Å². The standard InChI is InChI=1S/C19H21ClF2N2O2/c1-13(15-5-7-16(20)8-6-15)23-11-18(25)24(2)12-14-3-9-17(10-4-14)26-19(21)22/h3-10,13,19,23H,11-12H2,1-2H3/t13-/m0/s1. The van der Waals surface area contributed by atoms with Crippen LogP contribution in [0.4, 0.5) is 8.78 Å². The third-order valence-electron chi connectivity index (χ3n) is 3.92. The number of hydrogen-bond acceptors (Lipinski definition) is 3. The van der Waals surface area contributed by atoms with E-state index in [1.54, 1.807) is 24.1 Å². The van der Waals surface area contributed by atoms with Gasteiger partial charge in [0.2, 0.25) is 5.91 Å². The van der Waals surface area contributed by atoms with Crippen LogP contribution in [-0.2, 0) is 11.3 Å². The molecule has 0 aliphatic heterocycles. The van der Waals surface area contributed by atoms with Crippen LogP contribution in [0.2, 0.25) is 5.02 Å². The number of carbonyl (C=O) groups excluding carboxylic acids is 1. The summed E-state index contributed by atoms with van der Waals surface area (Å²) in [4.78, 5) is 13.8. The first kappa shape index (κ1) is 20.1. The monoisotopic (exact) mass is 382 g/mol. The first-order valence-corrected chi connectivity index (χ1v) is 8.49. The number of likely N-dealkylation sites (N-methyl/N-ethyl adjacent to an activating group) is 1. The molecular formula is C19H21ClF2N2O2. The highest BCUT2D eigenvalue weighted by molar-refractivity contribution is 6.30. The second kappa shape index (κ2) is 9.50. The Labute approximate surface area is 156 Å². The lowest BCUT2D eigenvalue weighted by Crippen LogP contribution is -2.36. The van der Waals surface area contributed by atoms with Crippen LogP contribution in [0.1, 0.15) is 24.1 Å². The van der Waals surface area contributed by atoms with Crippen LogP contribution in [0.15, 0.2) is 48.5 Å². The lowest BCUT2D eigenvalue weighted by molar-refractivity contribution is -0.129. The zero-order chi connectivity index (χ0) is 19.1. The molecule has 26 heavy (non-hydrogen) atoms. The molecule has 2 rings (SSSR count). The quantitative estimate of drug-likeness (QED) is 0.742. The van der Waals surface area contributed by atoms with Gasteiger partial charge < -0.3 is 15.0 Å². The van der Waals surface area contributed by atoms with Crippen molar-refractivity contribution in [3.8, 4) is 5.75 Å². The lowest BCUT2D eigenvalue weighted by atomic mass is 10.1. The van der Waals surface area contributed by atoms with Crippen LogP contribution in [0.25, 0.3) is 0 Å². The van der Waals surface area contributed by atoms with E-state index < -0.39 is 6.61 Å². The number of hydrogen-bond donors (Lipinski definition) is 1. The number of amides is 1. The van der Waals surface area contributed by atoms with Crippen molar-refractivity contribution in [2.75, 3.05) is 13.6 Å². The predicted molar refractivity (Wildman–Crippen MR) is 97.4 cm³/mol. The first-order chi connectivity index (χ1) is 12.3. The molecular weight excluding hydrogens is 362 g/mol. The molecule has 0 radical (unpaired) electrons. The average molecular weight is 383 g/mol. The van der Waals surface area contributed by atoms with Crippen molar-refractivity contribution in [3.63, 3.8) is 0 Å². The minimum atomic E-state index is -2.85. The summed E-state index contributed by atoms with van der Waals surface area (Å²) in [6.07, 6.45) is 0. The fourth-order valence-electron chi connectivity index (χ4n) is 2.38. The molecule has 4 nitrogen and oxygen atoms in total. The first-order valence-electron chi connectivity index (χ1n) is 8.11. The molecule has 1 amide bonds. The number of rotatable bonds is 8. The summed E-state index contributed by atoms with van der Waals surface area (Å²) >= 11 is 5.87. The summed E-state index contributed by atoms with van der Waals surface area (Å²) in [5.74, 6) is 0.0231. The molecule has 2 aromatic carbocycles. The summed E-state index contributed by atoms with van der Waals surface area (Å²) in [5, 5.41) is 3.85. The van der Waals surface area contributed by atoms with Crippen molar-refractivity contribution in [1.29, 1.82) is 0 Å². The summed E-state index contributed by atoms with van der Waals surface area (Å²) < 4.78 is 28.6. The van der Waals surface area contributed by atoms with E-state index >= 15 is 0 Å². The number of alkyl halides is 2. The molecule has 1 N–H and O–H groups in total. The van der Waals surface area contributed by atoms with Gasteiger partial charge in [0.25, 0.3) is 0 Å². The van der Waals surface area contributed by atoms with Crippen LogP contribution in [0.3, 0.4) is 0 Å². The Balaban J connectivity index is 1.82. The van der Waals surface area contributed by atoms with Crippen molar-refractivity contribution in [1.82, 2.24) is 10.2 Å². The summed E-state index contributed by atoms with van der Waals surface area (Å²) in [6, 6.07) is 13.7. The van der Waals surface area contributed by atoms with Crippen molar-refractivity contribution in [2.45, 2.75) is 26.1 Å². The van der Waals surface area contributed by atoms with Gasteiger partial charge in [0, 0.05) is 24.7 Å². The Morgan fingerprint density at radius 1 is 1.15 bits per heavy atom. The summed E-state index contributed by atoms with van der Waals surface area (Å²) in [7, 11) is 1.69. The van der Waals surface area contributed by atoms with E-state index in [0.717, 1.165) is 11.1 Å². The van der Waals surface area contributed by atoms with Gasteiger partial charge in [-0.25, -0.2) is 0 Å². The van der Waals surface area contributed by atoms with Gasteiger partial charge in [-0.1, -0.05) is 35.9 Å². The molecule has 0 aromatic heterocycles. The van der Waals surface area contributed by atoms with Gasteiger partial charge >= 0.3 is 6.61 Å². The predicted octanol–water partition coefficient (Wildman–Crippen LogP) is 4.25. The molecule has 0 spiro atoms. The maximum atomic E-state index is 12.3. The number of halogens is 3. The maximum Gasteiger partial charge on any atom is 0.387 e. The molecule has 0 aliphatic rings. The molecule has 1 atom stereocenters. The fourth-order valence-corrected chi connectivity index (χ4v) is 2.51. The van der Waals surface area contributed by atoms with Crippen molar-refractivity contribution < 1.29 is 18.3 Å². The molecule has 0 saturated carbocycles. The largest absolute Gasteiger partial charge is 0.435 e. The second-order valence-electron chi connectivity index (χ2n) is 5.93. The Kier molecular flexibility index (Phi) is 7.36. The average Bonchev–Trinajstić information content (AvgIpc) is 2.61. The molecule has 0 bridgehead atoms. The van der Waals surface area contributed by atoms with Crippen molar-refractivity contribution >= 4 is 17.5 Å². The van der Waals surface area contributed by atoms with Gasteiger partial charge in [-0.05, 0) is 42.3 Å². The van der Waals surface area contributed by atoms with E-state index in [1.807, 2.05) is 31.2 Å². The van der Waals surface area contributed by atoms with E-state index in [4.69, 9.17) is 11.6 Å². The Hall–Kier alpha value is -2.18. The zero-order valence-corrected chi connectivity index (χ0v) is 15.3. The van der Waals surface area contributed by atoms with Crippen LogP contribution in [-0.4, -0.2) is 31.0 Å². The summed E-state index contributed by atoms with van der Waals surface area (Å²) in [6.45, 7) is -0.311. The van der Waals surface area contributed by atoms with Gasteiger partial charge in [0.05, 0.1) is 6.54 Å². The third kappa shape index (κ3) is 6.28. The highest BCUT2D eigenvalue weighted by Gasteiger charge is 2.12. The zero-order valence-electron chi connectivity index (χ0n) is 14.6. The number of nitrogens with zero attached hydrogens (tertiary/aromatic N) is 1. The van der Waals surface area contributed by atoms with Gasteiger partial charge in [0.15, 0.2) is 0 Å². The highest BCUT2D eigenvalue weighted by atomic mass is 35.5. The smallest absolute Gasteiger partial charge is 0.387 e. The van der Waals surface area contributed by atoms with Crippen LogP contribution in [0.5, 0.6) is 5.75 Å². The van der Waals surface area contributed by atoms with E-state index in [2.05, 4.69) is 10.1 Å². The van der Waals surface area contributed by atoms with Crippen LogP contribution < -0.4 is 10.1 Å². The summed E-state index contributed by atoms with van der Waals surface area (Å²) in [5.41, 5.74) is 1.87. The minimum absolute atomic E-state index is 0.00963. The Morgan fingerprint density at radius 3 is 2.35 bits per heavy atom. The second-order valence-corrected chi connectivity index (χ2v) is 6.36. The molecule has 0 aliphatic carbocycles. The topological polar surface area (TPSA) is 41.6 Å². The van der Waals surface area contributed by atoms with Crippen molar-refractivity contribution in [2.24, 2.45) is 0 Å². The SMILES string of the molecule is C[C@H](NCC(=O)N(C)Cc1ccc(OC(F)F)cc1)c1ccc(Cl)cc1. The highest BCUT2D eigenvalue weighted by Crippen LogP contribution is 2.17. The molecule has 0 fully saturated rings. The van der Waals surface area contributed by atoms with Crippen LogP contribution in [0, 0.1) is 0 Å². The Bertz CT molecular complexity index is 708. The van der Waals surface area contributed by atoms with E-state index in [0.29, 0.717) is 11.6 Å². The van der Waals surface area contributed by atoms with E-state index in [9.17, 15) is 13.6 Å². The molecule has 2 aromatic rings. The number of nitrogens with one attached hydrogen (secondary N) is 1. The van der Waals surface area contributed by atoms with Gasteiger partial charge in [-0.15, -0.1) is 0 Å². The molecule has 140 valence electrons. The van der Waals surface area contributed by atoms with Gasteiger partial charge in [-0.3, -0.25) is 4.79 Å². The van der Waals surface area contributed by atoms with Crippen molar-refractivity contribution in [3.05, 3.63) is 64.7 Å². The number of carbonyl (C=O) groups is 1. The molecule has 0 heterocycles. The van der Waals surface area contributed by atoms with E-state index in [1.165, 1.54) is 12.1 Å². The third-order valence-corrected chi connectivity index (χ3v) is 4.18. The molecule has 0 unspecified atom stereocenters.